The first-order valence-corrected chi connectivity index (χ1v) is 16.3. The summed E-state index contributed by atoms with van der Waals surface area (Å²) in [7, 11) is 0. The number of aromatic nitrogens is 3. The van der Waals surface area contributed by atoms with Crippen molar-refractivity contribution in [3.8, 4) is 22.8 Å². The van der Waals surface area contributed by atoms with E-state index in [1.807, 2.05) is 56.3 Å². The quantitative estimate of drug-likeness (QED) is 0.179. The first-order valence-electron chi connectivity index (χ1n) is 14.9. The number of thioether (sulfide) groups is 1. The van der Waals surface area contributed by atoms with Gasteiger partial charge in [0.2, 0.25) is 5.91 Å². The van der Waals surface area contributed by atoms with Crippen molar-refractivity contribution in [3.63, 3.8) is 0 Å². The largest absolute Gasteiger partial charge is 0.573 e. The molecule has 4 aromatic rings. The molecule has 0 saturated carbocycles. The number of aliphatic imine (C=N–C) groups is 1. The number of aryl methyl sites for hydroxylation is 1. The van der Waals surface area contributed by atoms with Crippen LogP contribution < -0.4 is 15.0 Å². The Kier molecular flexibility index (Phi) is 10.5. The Hall–Kier alpha value is -4.49. The van der Waals surface area contributed by atoms with Crippen LogP contribution in [0.5, 0.6) is 5.75 Å². The van der Waals surface area contributed by atoms with Crippen molar-refractivity contribution in [2.75, 3.05) is 10.7 Å². The number of rotatable bonds is 9. The van der Waals surface area contributed by atoms with Crippen LogP contribution in [0.4, 0.5) is 18.9 Å². The first-order chi connectivity index (χ1) is 22.4. The van der Waals surface area contributed by atoms with E-state index < -0.39 is 6.36 Å². The molecule has 1 aliphatic rings. The molecule has 1 aromatic heterocycles. The van der Waals surface area contributed by atoms with Gasteiger partial charge in [-0.25, -0.2) is 9.67 Å². The van der Waals surface area contributed by atoms with Crippen LogP contribution in [0, 0.1) is 6.92 Å². The zero-order valence-corrected chi connectivity index (χ0v) is 27.8. The zero-order valence-electron chi connectivity index (χ0n) is 26.2. The van der Waals surface area contributed by atoms with Gasteiger partial charge in [0.1, 0.15) is 12.1 Å². The average Bonchev–Trinajstić information content (AvgIpc) is 3.64. The molecular weight excluding hydrogens is 646 g/mol. The number of benzene rings is 3. The SMILES string of the molecule is Cc1ccc(C(C)C)c(N2C(=O)CS/C2=N\C(=S)NC(C)C/C=C\c2cccc(-c3ncn(-c4ccc(OC(F)(F)F)cc4)n3)c2)c1. The van der Waals surface area contributed by atoms with Crippen LogP contribution in [0.1, 0.15) is 49.8 Å². The van der Waals surface area contributed by atoms with Crippen molar-refractivity contribution in [2.45, 2.75) is 52.4 Å². The molecule has 0 aliphatic carbocycles. The van der Waals surface area contributed by atoms with Crippen molar-refractivity contribution < 1.29 is 22.7 Å². The van der Waals surface area contributed by atoms with E-state index in [2.05, 4.69) is 51.1 Å². The van der Waals surface area contributed by atoms with E-state index in [0.29, 0.717) is 34.0 Å². The Labute approximate surface area is 280 Å². The highest BCUT2D eigenvalue weighted by molar-refractivity contribution is 8.15. The van der Waals surface area contributed by atoms with Gasteiger partial charge in [0.05, 0.1) is 17.1 Å². The fourth-order valence-electron chi connectivity index (χ4n) is 4.92. The number of amides is 1. The maximum Gasteiger partial charge on any atom is 0.573 e. The third-order valence-corrected chi connectivity index (χ3v) is 8.29. The second-order valence-corrected chi connectivity index (χ2v) is 12.6. The number of halogens is 3. The summed E-state index contributed by atoms with van der Waals surface area (Å²) in [5.41, 5.74) is 5.27. The van der Waals surface area contributed by atoms with Crippen molar-refractivity contribution in [1.29, 1.82) is 0 Å². The molecule has 0 spiro atoms. The molecule has 3 aromatic carbocycles. The van der Waals surface area contributed by atoms with Crippen LogP contribution in [0.2, 0.25) is 0 Å². The van der Waals surface area contributed by atoms with E-state index in [1.54, 1.807) is 4.90 Å². The summed E-state index contributed by atoms with van der Waals surface area (Å²) >= 11 is 6.94. The van der Waals surface area contributed by atoms with Crippen LogP contribution >= 0.6 is 24.0 Å². The van der Waals surface area contributed by atoms with Crippen LogP contribution in [-0.2, 0) is 4.79 Å². The molecular formula is C34H33F3N6O2S2. The van der Waals surface area contributed by atoms with Crippen molar-refractivity contribution in [2.24, 2.45) is 4.99 Å². The van der Waals surface area contributed by atoms with Crippen molar-refractivity contribution >= 4 is 51.9 Å². The minimum atomic E-state index is -4.75. The fraction of sp³-hybridized carbons (Fsp3) is 0.265. The van der Waals surface area contributed by atoms with Crippen LogP contribution in [0.15, 0.2) is 84.1 Å². The number of anilines is 1. The summed E-state index contributed by atoms with van der Waals surface area (Å²) < 4.78 is 42.8. The Morgan fingerprint density at radius 2 is 1.89 bits per heavy atom. The predicted octanol–water partition coefficient (Wildman–Crippen LogP) is 8.07. The lowest BCUT2D eigenvalue weighted by Crippen LogP contribution is -2.34. The lowest BCUT2D eigenvalue weighted by Gasteiger charge is -2.22. The van der Waals surface area contributed by atoms with E-state index in [9.17, 15) is 18.0 Å². The summed E-state index contributed by atoms with van der Waals surface area (Å²) in [4.78, 5) is 23.6. The average molecular weight is 679 g/mol. The van der Waals surface area contributed by atoms with Crippen molar-refractivity contribution in [3.05, 3.63) is 95.8 Å². The van der Waals surface area contributed by atoms with Gasteiger partial charge in [0.25, 0.3) is 0 Å². The molecule has 1 unspecified atom stereocenters. The molecule has 5 rings (SSSR count). The maximum atomic E-state index is 12.9. The number of carbonyl (C=O) groups is 1. The molecule has 8 nitrogen and oxygen atoms in total. The van der Waals surface area contributed by atoms with Gasteiger partial charge in [-0.3, -0.25) is 9.69 Å². The van der Waals surface area contributed by atoms with Gasteiger partial charge in [-0.15, -0.1) is 18.3 Å². The van der Waals surface area contributed by atoms with E-state index in [4.69, 9.17) is 12.2 Å². The Morgan fingerprint density at radius 1 is 1.13 bits per heavy atom. The molecule has 244 valence electrons. The molecule has 1 fully saturated rings. The third kappa shape index (κ3) is 8.86. The fourth-order valence-corrected chi connectivity index (χ4v) is 6.13. The topological polar surface area (TPSA) is 84.6 Å². The number of hydrogen-bond donors (Lipinski definition) is 1. The van der Waals surface area contributed by atoms with Gasteiger partial charge in [-0.05, 0) is 91.5 Å². The maximum absolute atomic E-state index is 12.9. The summed E-state index contributed by atoms with van der Waals surface area (Å²) in [6, 6.07) is 19.2. The number of alkyl halides is 3. The van der Waals surface area contributed by atoms with E-state index in [-0.39, 0.29) is 23.6 Å². The molecule has 1 saturated heterocycles. The number of hydrogen-bond acceptors (Lipinski definition) is 6. The number of nitrogens with zero attached hydrogens (tertiary/aromatic N) is 5. The molecule has 0 bridgehead atoms. The number of amidine groups is 1. The molecule has 1 aliphatic heterocycles. The van der Waals surface area contributed by atoms with E-state index in [1.165, 1.54) is 47.0 Å². The van der Waals surface area contributed by atoms with Gasteiger partial charge >= 0.3 is 6.36 Å². The highest BCUT2D eigenvalue weighted by Gasteiger charge is 2.32. The minimum Gasteiger partial charge on any atom is -0.406 e. The summed E-state index contributed by atoms with van der Waals surface area (Å²) in [6.07, 6.45) is 1.44. The highest BCUT2D eigenvalue weighted by Crippen LogP contribution is 2.34. The van der Waals surface area contributed by atoms with Gasteiger partial charge in [0, 0.05) is 11.6 Å². The molecule has 1 N–H and O–H groups in total. The Morgan fingerprint density at radius 3 is 2.62 bits per heavy atom. The molecule has 0 radical (unpaired) electrons. The Balaban J connectivity index is 1.19. The lowest BCUT2D eigenvalue weighted by molar-refractivity contribution is -0.274. The minimum absolute atomic E-state index is 0.0159. The summed E-state index contributed by atoms with van der Waals surface area (Å²) in [6.45, 7) is 8.22. The number of ether oxygens (including phenoxy) is 1. The number of thiocarbonyl (C=S) groups is 1. The van der Waals surface area contributed by atoms with E-state index >= 15 is 0 Å². The second-order valence-electron chi connectivity index (χ2n) is 11.3. The van der Waals surface area contributed by atoms with Crippen LogP contribution in [0.3, 0.4) is 0 Å². The summed E-state index contributed by atoms with van der Waals surface area (Å²) in [5.74, 6) is 0.702. The molecule has 2 heterocycles. The van der Waals surface area contributed by atoms with Crippen LogP contribution in [0.25, 0.3) is 23.2 Å². The second kappa shape index (κ2) is 14.5. The normalized spacial score (nSPS) is 15.2. The molecule has 1 atom stereocenters. The molecule has 47 heavy (non-hydrogen) atoms. The van der Waals surface area contributed by atoms with E-state index in [0.717, 1.165) is 27.9 Å². The number of carbonyl (C=O) groups excluding carboxylic acids is 1. The van der Waals surface area contributed by atoms with Gasteiger partial charge in [0.15, 0.2) is 16.1 Å². The van der Waals surface area contributed by atoms with Crippen LogP contribution in [-0.4, -0.2) is 49.1 Å². The predicted molar refractivity (Wildman–Crippen MR) is 185 cm³/mol. The molecule has 1 amide bonds. The number of nitrogens with one attached hydrogen (secondary N) is 1. The molecule has 13 heteroatoms. The monoisotopic (exact) mass is 678 g/mol. The van der Waals surface area contributed by atoms with Gasteiger partial charge in [-0.1, -0.05) is 68.1 Å². The summed E-state index contributed by atoms with van der Waals surface area (Å²) in [5, 5.41) is 8.63. The third-order valence-electron chi connectivity index (χ3n) is 7.15. The van der Waals surface area contributed by atoms with Gasteiger partial charge < -0.3 is 10.1 Å². The zero-order chi connectivity index (χ0) is 33.7. The van der Waals surface area contributed by atoms with Gasteiger partial charge in [-0.2, -0.15) is 4.99 Å². The Bertz CT molecular complexity index is 1820. The highest BCUT2D eigenvalue weighted by atomic mass is 32.2. The van der Waals surface area contributed by atoms with Crippen molar-refractivity contribution in [1.82, 2.24) is 20.1 Å². The smallest absolute Gasteiger partial charge is 0.406 e. The standard InChI is InChI=1S/C34H33F3N6O2S2/c1-21(2)28-16-11-22(3)17-29(28)43-30(44)19-47-33(43)40-32(46)39-23(4)7-5-8-24-9-6-10-25(18-24)31-38-20-42(41-31)26-12-14-27(15-13-26)45-34(35,36)37/h5-6,8-18,20-21,23H,7,19H2,1-4H3,(H,39,46)/b8-5-,40-33-. The first kappa shape index (κ1) is 33.9. The lowest BCUT2D eigenvalue weighted by atomic mass is 9.99.